The summed E-state index contributed by atoms with van der Waals surface area (Å²) in [5, 5.41) is 7.42. The van der Waals surface area contributed by atoms with Crippen LogP contribution >= 0.6 is 0 Å². The summed E-state index contributed by atoms with van der Waals surface area (Å²) in [7, 11) is 1.57. The molecule has 1 aromatic carbocycles. The van der Waals surface area contributed by atoms with Crippen molar-refractivity contribution < 1.29 is 14.2 Å². The van der Waals surface area contributed by atoms with E-state index in [4.69, 9.17) is 25.4 Å². The minimum atomic E-state index is -0.0589. The molecule has 3 N–H and O–H groups in total. The van der Waals surface area contributed by atoms with Gasteiger partial charge in [-0.05, 0) is 44.9 Å². The smallest absolute Gasteiger partial charge is 0.161 e. The third-order valence-electron chi connectivity index (χ3n) is 3.45. The molecule has 5 heteroatoms. The monoisotopic (exact) mass is 278 g/mol. The molecule has 110 valence electrons. The van der Waals surface area contributed by atoms with Crippen molar-refractivity contribution in [2.45, 2.75) is 38.4 Å². The fourth-order valence-electron chi connectivity index (χ4n) is 2.33. The van der Waals surface area contributed by atoms with Crippen molar-refractivity contribution in [2.24, 2.45) is 5.73 Å². The van der Waals surface area contributed by atoms with Crippen LogP contribution in [0.15, 0.2) is 18.2 Å². The zero-order valence-corrected chi connectivity index (χ0v) is 12.2. The number of nitrogen functional groups attached to an aromatic ring is 1. The van der Waals surface area contributed by atoms with Crippen molar-refractivity contribution in [3.63, 3.8) is 0 Å². The van der Waals surface area contributed by atoms with Crippen LogP contribution in [0.25, 0.3) is 0 Å². The van der Waals surface area contributed by atoms with Crippen molar-refractivity contribution in [3.05, 3.63) is 23.8 Å². The predicted molar refractivity (Wildman–Crippen MR) is 77.7 cm³/mol. The van der Waals surface area contributed by atoms with Crippen LogP contribution in [0.2, 0.25) is 0 Å². The highest BCUT2D eigenvalue weighted by Crippen LogP contribution is 2.32. The fraction of sp³-hybridized carbons (Fsp3) is 0.533. The lowest BCUT2D eigenvalue weighted by atomic mass is 10.1. The first-order valence-corrected chi connectivity index (χ1v) is 6.74. The van der Waals surface area contributed by atoms with E-state index in [2.05, 4.69) is 13.8 Å². The van der Waals surface area contributed by atoms with E-state index in [1.54, 1.807) is 25.3 Å². The van der Waals surface area contributed by atoms with Gasteiger partial charge in [0.05, 0.1) is 18.8 Å². The standard InChI is InChI=1S/C15H22N2O3/c1-15(2)7-6-11(20-15)9-19-12-5-4-10(14(16)17)8-13(12)18-3/h4-5,8,11H,6-7,9H2,1-3H3,(H3,16,17). The maximum absolute atomic E-state index is 7.42. The molecule has 0 aromatic heterocycles. The molecule has 1 saturated heterocycles. The zero-order valence-electron chi connectivity index (χ0n) is 12.2. The van der Waals surface area contributed by atoms with Gasteiger partial charge in [0.2, 0.25) is 0 Å². The number of benzene rings is 1. The molecule has 0 spiro atoms. The van der Waals surface area contributed by atoms with Gasteiger partial charge in [0.25, 0.3) is 0 Å². The summed E-state index contributed by atoms with van der Waals surface area (Å²) in [5.74, 6) is 1.23. The second kappa shape index (κ2) is 5.71. The first kappa shape index (κ1) is 14.7. The van der Waals surface area contributed by atoms with Crippen molar-refractivity contribution >= 4 is 5.84 Å². The molecule has 0 amide bonds. The summed E-state index contributed by atoms with van der Waals surface area (Å²) in [6, 6.07) is 5.23. The third kappa shape index (κ3) is 3.42. The lowest BCUT2D eigenvalue weighted by Gasteiger charge is -2.20. The summed E-state index contributed by atoms with van der Waals surface area (Å²) >= 11 is 0. The molecule has 0 saturated carbocycles. The summed E-state index contributed by atoms with van der Waals surface area (Å²) in [6.07, 6.45) is 2.16. The van der Waals surface area contributed by atoms with Crippen molar-refractivity contribution in [3.8, 4) is 11.5 Å². The molecule has 0 bridgehead atoms. The SMILES string of the molecule is COc1cc(C(=N)N)ccc1OCC1CCC(C)(C)O1. The molecule has 2 rings (SSSR count). The lowest BCUT2D eigenvalue weighted by Crippen LogP contribution is -2.24. The van der Waals surface area contributed by atoms with Gasteiger partial charge in [0, 0.05) is 5.56 Å². The van der Waals surface area contributed by atoms with Gasteiger partial charge in [0.15, 0.2) is 11.5 Å². The number of hydrogen-bond donors (Lipinski definition) is 2. The van der Waals surface area contributed by atoms with Crippen LogP contribution in [-0.2, 0) is 4.74 Å². The van der Waals surface area contributed by atoms with Crippen LogP contribution in [0.4, 0.5) is 0 Å². The van der Waals surface area contributed by atoms with Crippen LogP contribution in [0, 0.1) is 5.41 Å². The van der Waals surface area contributed by atoms with Crippen molar-refractivity contribution in [1.29, 1.82) is 5.41 Å². The van der Waals surface area contributed by atoms with Crippen LogP contribution in [-0.4, -0.2) is 31.3 Å². The van der Waals surface area contributed by atoms with Crippen LogP contribution in [0.5, 0.6) is 11.5 Å². The maximum atomic E-state index is 7.42. The first-order valence-electron chi connectivity index (χ1n) is 6.74. The summed E-state index contributed by atoms with van der Waals surface area (Å²) in [4.78, 5) is 0. The predicted octanol–water partition coefficient (Wildman–Crippen LogP) is 2.32. The first-order chi connectivity index (χ1) is 9.41. The van der Waals surface area contributed by atoms with E-state index in [-0.39, 0.29) is 17.5 Å². The highest BCUT2D eigenvalue weighted by atomic mass is 16.6. The molecular weight excluding hydrogens is 256 g/mol. The quantitative estimate of drug-likeness (QED) is 0.640. The Morgan fingerprint density at radius 2 is 2.20 bits per heavy atom. The van der Waals surface area contributed by atoms with E-state index >= 15 is 0 Å². The minimum absolute atomic E-state index is 0.00993. The number of amidine groups is 1. The molecule has 1 heterocycles. The molecule has 1 fully saturated rings. The summed E-state index contributed by atoms with van der Waals surface area (Å²) in [6.45, 7) is 4.68. The molecule has 20 heavy (non-hydrogen) atoms. The molecule has 1 aliphatic heterocycles. The minimum Gasteiger partial charge on any atom is -0.493 e. The van der Waals surface area contributed by atoms with E-state index in [1.165, 1.54) is 0 Å². The lowest BCUT2D eigenvalue weighted by molar-refractivity contribution is -0.0329. The molecule has 1 aliphatic rings. The largest absolute Gasteiger partial charge is 0.493 e. The van der Waals surface area contributed by atoms with Gasteiger partial charge in [-0.1, -0.05) is 0 Å². The van der Waals surface area contributed by atoms with E-state index < -0.39 is 0 Å². The van der Waals surface area contributed by atoms with Gasteiger partial charge in [-0.3, -0.25) is 5.41 Å². The number of rotatable bonds is 5. The Hall–Kier alpha value is -1.75. The zero-order chi connectivity index (χ0) is 14.8. The number of nitrogens with one attached hydrogen (secondary N) is 1. The van der Waals surface area contributed by atoms with Crippen molar-refractivity contribution in [2.75, 3.05) is 13.7 Å². The van der Waals surface area contributed by atoms with Crippen LogP contribution in [0.3, 0.4) is 0 Å². The Labute approximate surface area is 119 Å². The highest BCUT2D eigenvalue weighted by molar-refractivity contribution is 5.95. The van der Waals surface area contributed by atoms with Crippen LogP contribution < -0.4 is 15.2 Å². The molecule has 1 atom stereocenters. The number of methoxy groups -OCH3 is 1. The van der Waals surface area contributed by atoms with Gasteiger partial charge >= 0.3 is 0 Å². The summed E-state index contributed by atoms with van der Waals surface area (Å²) < 4.78 is 16.9. The average molecular weight is 278 g/mol. The number of ether oxygens (including phenoxy) is 3. The molecule has 0 radical (unpaired) electrons. The van der Waals surface area contributed by atoms with Gasteiger partial charge in [0.1, 0.15) is 12.4 Å². The molecule has 0 aliphatic carbocycles. The molecule has 1 unspecified atom stereocenters. The maximum Gasteiger partial charge on any atom is 0.161 e. The molecule has 5 nitrogen and oxygen atoms in total. The second-order valence-electron chi connectivity index (χ2n) is 5.63. The second-order valence-corrected chi connectivity index (χ2v) is 5.63. The normalized spacial score (nSPS) is 20.6. The van der Waals surface area contributed by atoms with Gasteiger partial charge in [-0.25, -0.2) is 0 Å². The van der Waals surface area contributed by atoms with E-state index in [9.17, 15) is 0 Å². The van der Waals surface area contributed by atoms with Crippen LogP contribution in [0.1, 0.15) is 32.3 Å². The molecule has 1 aromatic rings. The van der Waals surface area contributed by atoms with Crippen molar-refractivity contribution in [1.82, 2.24) is 0 Å². The van der Waals surface area contributed by atoms with E-state index in [1.807, 2.05) is 0 Å². The van der Waals surface area contributed by atoms with Gasteiger partial charge in [-0.2, -0.15) is 0 Å². The molecular formula is C15H22N2O3. The number of hydrogen-bond acceptors (Lipinski definition) is 4. The van der Waals surface area contributed by atoms with Gasteiger partial charge < -0.3 is 19.9 Å². The third-order valence-corrected chi connectivity index (χ3v) is 3.45. The summed E-state index contributed by atoms with van der Waals surface area (Å²) in [5.41, 5.74) is 6.02. The highest BCUT2D eigenvalue weighted by Gasteiger charge is 2.32. The Morgan fingerprint density at radius 1 is 1.45 bits per heavy atom. The Balaban J connectivity index is 2.01. The van der Waals surface area contributed by atoms with E-state index in [0.717, 1.165) is 12.8 Å². The fourth-order valence-corrected chi connectivity index (χ4v) is 2.33. The topological polar surface area (TPSA) is 77.6 Å². The Morgan fingerprint density at radius 3 is 2.75 bits per heavy atom. The van der Waals surface area contributed by atoms with E-state index in [0.29, 0.717) is 23.7 Å². The Kier molecular flexibility index (Phi) is 4.18. The number of nitrogens with two attached hydrogens (primary N) is 1. The average Bonchev–Trinajstić information content (AvgIpc) is 2.75. The Bertz CT molecular complexity index is 500. The van der Waals surface area contributed by atoms with Gasteiger partial charge in [-0.15, -0.1) is 0 Å².